The lowest BCUT2D eigenvalue weighted by Crippen LogP contribution is -2.19. The number of nitrogens with two attached hydrogens (primary N) is 1. The van der Waals surface area contributed by atoms with E-state index in [1.54, 1.807) is 12.4 Å². The number of alkyl halides is 1. The van der Waals surface area contributed by atoms with Crippen molar-refractivity contribution in [2.45, 2.75) is 25.8 Å². The van der Waals surface area contributed by atoms with Crippen LogP contribution in [0.2, 0.25) is 0 Å². The number of carbonyl (C=O) groups is 1. The first-order valence-corrected chi connectivity index (χ1v) is 6.32. The molecule has 5 nitrogen and oxygen atoms in total. The lowest BCUT2D eigenvalue weighted by atomic mass is 10.2. The van der Waals surface area contributed by atoms with Crippen LogP contribution in [-0.2, 0) is 11.2 Å². The average Bonchev–Trinajstić information content (AvgIpc) is 2.66. The molecule has 0 aliphatic carbocycles. The van der Waals surface area contributed by atoms with Gasteiger partial charge in [0.1, 0.15) is 11.3 Å². The minimum Gasteiger partial charge on any atom is -0.370 e. The molecule has 2 heterocycles. The normalized spacial score (nSPS) is 12.8. The minimum atomic E-state index is -0.324. The van der Waals surface area contributed by atoms with E-state index in [4.69, 9.17) is 17.3 Å². The maximum Gasteiger partial charge on any atom is 0.219 e. The van der Waals surface area contributed by atoms with Crippen LogP contribution in [0.3, 0.4) is 0 Å². The molecule has 2 aromatic rings. The predicted octanol–water partition coefficient (Wildman–Crippen LogP) is 1.65. The van der Waals surface area contributed by atoms with E-state index in [9.17, 15) is 4.79 Å². The van der Waals surface area contributed by atoms with Gasteiger partial charge in [-0.3, -0.25) is 9.78 Å². The largest absolute Gasteiger partial charge is 0.370 e. The molecule has 0 saturated heterocycles. The van der Waals surface area contributed by atoms with Gasteiger partial charge in [0, 0.05) is 31.0 Å². The third-order valence-electron chi connectivity index (χ3n) is 2.82. The molecule has 0 bridgehead atoms. The summed E-state index contributed by atoms with van der Waals surface area (Å²) in [5, 5.41) is 0. The summed E-state index contributed by atoms with van der Waals surface area (Å²) < 4.78 is 2.02. The number of carbonyl (C=O) groups excluding carboxylic acids is 1. The Kier molecular flexibility index (Phi) is 3.81. The summed E-state index contributed by atoms with van der Waals surface area (Å²) in [4.78, 5) is 19.6. The molecule has 0 fully saturated rings. The van der Waals surface area contributed by atoms with Gasteiger partial charge in [0.15, 0.2) is 0 Å². The van der Waals surface area contributed by atoms with Crippen molar-refractivity contribution in [1.82, 2.24) is 14.5 Å². The summed E-state index contributed by atoms with van der Waals surface area (Å²) in [7, 11) is 0. The summed E-state index contributed by atoms with van der Waals surface area (Å²) in [5.74, 6) is 1.03. The highest BCUT2D eigenvalue weighted by atomic mass is 35.5. The maximum atomic E-state index is 11.1. The quantitative estimate of drug-likeness (QED) is 0.836. The van der Waals surface area contributed by atoms with Gasteiger partial charge in [-0.25, -0.2) is 4.98 Å². The molecule has 0 radical (unpaired) electrons. The molecular weight excluding hydrogens is 252 g/mol. The first kappa shape index (κ1) is 12.8. The molecule has 2 N–H and O–H groups in total. The van der Waals surface area contributed by atoms with Crippen molar-refractivity contribution in [1.29, 1.82) is 0 Å². The number of aromatic nitrogens is 3. The Morgan fingerprint density at radius 2 is 2.39 bits per heavy atom. The zero-order valence-corrected chi connectivity index (χ0v) is 10.9. The number of amides is 1. The third kappa shape index (κ3) is 2.46. The van der Waals surface area contributed by atoms with E-state index in [-0.39, 0.29) is 18.4 Å². The zero-order chi connectivity index (χ0) is 13.1. The Morgan fingerprint density at radius 3 is 3.06 bits per heavy atom. The van der Waals surface area contributed by atoms with Crippen LogP contribution in [0.1, 0.15) is 25.2 Å². The van der Waals surface area contributed by atoms with Gasteiger partial charge in [0.2, 0.25) is 5.91 Å². The van der Waals surface area contributed by atoms with Gasteiger partial charge in [0.05, 0.1) is 11.7 Å². The van der Waals surface area contributed by atoms with Crippen LogP contribution in [0.4, 0.5) is 0 Å². The number of hydrogen-bond acceptors (Lipinski definition) is 3. The molecule has 0 aliphatic rings. The van der Waals surface area contributed by atoms with Crippen molar-refractivity contribution in [2.24, 2.45) is 5.73 Å². The Balaban J connectivity index is 2.50. The number of halogens is 1. The standard InChI is InChI=1S/C12H15ClN4O/c1-8(6-11(14)18)17-10-3-5-15-7-9(10)16-12(17)2-4-13/h3,5,7-8H,2,4,6H2,1H3,(H2,14,18). The Hall–Kier alpha value is -1.62. The molecule has 0 spiro atoms. The second-order valence-corrected chi connectivity index (χ2v) is 4.60. The number of primary amides is 1. The summed E-state index contributed by atoms with van der Waals surface area (Å²) >= 11 is 5.79. The van der Waals surface area contributed by atoms with Gasteiger partial charge in [0.25, 0.3) is 0 Å². The van der Waals surface area contributed by atoms with Crippen molar-refractivity contribution in [3.05, 3.63) is 24.3 Å². The molecule has 2 rings (SSSR count). The predicted molar refractivity (Wildman–Crippen MR) is 70.5 cm³/mol. The number of rotatable bonds is 5. The molecule has 6 heteroatoms. The van der Waals surface area contributed by atoms with Crippen LogP contribution in [0, 0.1) is 0 Å². The summed E-state index contributed by atoms with van der Waals surface area (Å²) in [6.07, 6.45) is 4.35. The number of nitrogens with zero attached hydrogens (tertiary/aromatic N) is 3. The van der Waals surface area contributed by atoms with E-state index in [0.717, 1.165) is 16.9 Å². The van der Waals surface area contributed by atoms with Crippen molar-refractivity contribution < 1.29 is 4.79 Å². The lowest BCUT2D eigenvalue weighted by Gasteiger charge is -2.15. The molecule has 0 saturated carbocycles. The van der Waals surface area contributed by atoms with Gasteiger partial charge >= 0.3 is 0 Å². The van der Waals surface area contributed by atoms with Crippen molar-refractivity contribution >= 4 is 28.5 Å². The first-order chi connectivity index (χ1) is 8.63. The monoisotopic (exact) mass is 266 g/mol. The molecule has 1 atom stereocenters. The number of aryl methyl sites for hydroxylation is 1. The van der Waals surface area contributed by atoms with E-state index < -0.39 is 0 Å². The van der Waals surface area contributed by atoms with Gasteiger partial charge in [-0.05, 0) is 13.0 Å². The molecular formula is C12H15ClN4O. The minimum absolute atomic E-state index is 0.0342. The maximum absolute atomic E-state index is 11.1. The van der Waals surface area contributed by atoms with E-state index in [2.05, 4.69) is 9.97 Å². The zero-order valence-electron chi connectivity index (χ0n) is 10.1. The van der Waals surface area contributed by atoms with E-state index in [1.807, 2.05) is 17.6 Å². The van der Waals surface area contributed by atoms with Gasteiger partial charge in [-0.15, -0.1) is 11.6 Å². The molecule has 2 aromatic heterocycles. The number of fused-ring (bicyclic) bond motifs is 1. The first-order valence-electron chi connectivity index (χ1n) is 5.78. The number of pyridine rings is 1. The van der Waals surface area contributed by atoms with Crippen molar-refractivity contribution in [3.63, 3.8) is 0 Å². The van der Waals surface area contributed by atoms with Crippen LogP contribution in [0.15, 0.2) is 18.5 Å². The molecule has 18 heavy (non-hydrogen) atoms. The van der Waals surface area contributed by atoms with Crippen LogP contribution in [-0.4, -0.2) is 26.3 Å². The van der Waals surface area contributed by atoms with Crippen LogP contribution < -0.4 is 5.73 Å². The second-order valence-electron chi connectivity index (χ2n) is 4.22. The van der Waals surface area contributed by atoms with E-state index in [1.165, 1.54) is 0 Å². The second kappa shape index (κ2) is 5.35. The Morgan fingerprint density at radius 1 is 1.61 bits per heavy atom. The van der Waals surface area contributed by atoms with Gasteiger partial charge in [-0.1, -0.05) is 0 Å². The van der Waals surface area contributed by atoms with E-state index in [0.29, 0.717) is 12.3 Å². The molecule has 0 aromatic carbocycles. The smallest absolute Gasteiger partial charge is 0.219 e. The SMILES string of the molecule is CC(CC(N)=O)n1c(CCCl)nc2cnccc21. The highest BCUT2D eigenvalue weighted by Gasteiger charge is 2.16. The Bertz CT molecular complexity index is 566. The molecule has 1 unspecified atom stereocenters. The molecule has 1 amide bonds. The summed E-state index contributed by atoms with van der Waals surface area (Å²) in [5.41, 5.74) is 7.03. The highest BCUT2D eigenvalue weighted by Crippen LogP contribution is 2.22. The van der Waals surface area contributed by atoms with Gasteiger partial charge in [-0.2, -0.15) is 0 Å². The summed E-state index contributed by atoms with van der Waals surface area (Å²) in [6.45, 7) is 1.95. The molecule has 0 aliphatic heterocycles. The van der Waals surface area contributed by atoms with Crippen LogP contribution in [0.5, 0.6) is 0 Å². The van der Waals surface area contributed by atoms with Crippen LogP contribution >= 0.6 is 11.6 Å². The van der Waals surface area contributed by atoms with Crippen molar-refractivity contribution in [3.8, 4) is 0 Å². The number of hydrogen-bond donors (Lipinski definition) is 1. The average molecular weight is 267 g/mol. The number of imidazole rings is 1. The van der Waals surface area contributed by atoms with Crippen LogP contribution in [0.25, 0.3) is 11.0 Å². The van der Waals surface area contributed by atoms with Gasteiger partial charge < -0.3 is 10.3 Å². The van der Waals surface area contributed by atoms with Crippen molar-refractivity contribution in [2.75, 3.05) is 5.88 Å². The fourth-order valence-electron chi connectivity index (χ4n) is 2.14. The Labute approximate surface area is 110 Å². The third-order valence-corrected chi connectivity index (χ3v) is 3.01. The molecule has 96 valence electrons. The lowest BCUT2D eigenvalue weighted by molar-refractivity contribution is -0.118. The summed E-state index contributed by atoms with van der Waals surface area (Å²) in [6, 6.07) is 1.85. The topological polar surface area (TPSA) is 73.8 Å². The fourth-order valence-corrected chi connectivity index (χ4v) is 2.30. The highest BCUT2D eigenvalue weighted by molar-refractivity contribution is 6.17. The fraction of sp³-hybridized carbons (Fsp3) is 0.417. The van der Waals surface area contributed by atoms with E-state index >= 15 is 0 Å².